The van der Waals surface area contributed by atoms with Gasteiger partial charge in [-0.1, -0.05) is 19.1 Å². The van der Waals surface area contributed by atoms with Crippen LogP contribution in [0.1, 0.15) is 18.9 Å². The smallest absolute Gasteiger partial charge is 0.225 e. The Morgan fingerprint density at radius 2 is 2.04 bits per heavy atom. The average molecular weight is 355 g/mol. The number of para-hydroxylation sites is 1. The largest absolute Gasteiger partial charge is 0.332 e. The third-order valence-electron chi connectivity index (χ3n) is 3.59. The summed E-state index contributed by atoms with van der Waals surface area (Å²) in [6.07, 6.45) is 0.400. The number of aromatic nitrogens is 1. The number of aryl methyl sites for hydroxylation is 1. The second kappa shape index (κ2) is 7.07. The molecule has 2 N–H and O–H groups in total. The van der Waals surface area contributed by atoms with Gasteiger partial charge in [0, 0.05) is 17.7 Å². The van der Waals surface area contributed by atoms with E-state index >= 15 is 0 Å². The second-order valence-corrected chi connectivity index (χ2v) is 6.81. The molecule has 3 aromatic rings. The van der Waals surface area contributed by atoms with Crippen LogP contribution in [0, 0.1) is 6.92 Å². The van der Waals surface area contributed by atoms with Crippen LogP contribution in [0.5, 0.6) is 0 Å². The van der Waals surface area contributed by atoms with E-state index in [1.54, 1.807) is 18.3 Å². The molecular formula is C18H17N3OS2. The number of amides is 1. The Labute approximate surface area is 149 Å². The molecule has 0 spiro atoms. The van der Waals surface area contributed by atoms with Gasteiger partial charge in [-0.15, -0.1) is 11.3 Å². The summed E-state index contributed by atoms with van der Waals surface area (Å²) < 4.78 is 1.18. The van der Waals surface area contributed by atoms with E-state index in [9.17, 15) is 4.79 Å². The fourth-order valence-corrected chi connectivity index (χ4v) is 3.49. The van der Waals surface area contributed by atoms with Gasteiger partial charge in [-0.05, 0) is 55.0 Å². The highest BCUT2D eigenvalue weighted by atomic mass is 32.1. The predicted molar refractivity (Wildman–Crippen MR) is 104 cm³/mol. The lowest BCUT2D eigenvalue weighted by atomic mass is 10.1. The van der Waals surface area contributed by atoms with Crippen LogP contribution >= 0.6 is 23.6 Å². The molecule has 0 atom stereocenters. The van der Waals surface area contributed by atoms with Gasteiger partial charge >= 0.3 is 0 Å². The topological polar surface area (TPSA) is 54.0 Å². The Morgan fingerprint density at radius 3 is 2.75 bits per heavy atom. The zero-order valence-electron chi connectivity index (χ0n) is 13.4. The first-order valence-electron chi connectivity index (χ1n) is 7.64. The second-order valence-electron chi connectivity index (χ2n) is 5.37. The van der Waals surface area contributed by atoms with E-state index in [1.807, 2.05) is 37.3 Å². The zero-order chi connectivity index (χ0) is 17.1. The molecule has 3 rings (SSSR count). The van der Waals surface area contributed by atoms with E-state index in [0.29, 0.717) is 11.5 Å². The molecule has 24 heavy (non-hydrogen) atoms. The number of thiocarbonyl (C=S) groups is 1. The number of fused-ring (bicyclic) bond motifs is 1. The van der Waals surface area contributed by atoms with Crippen molar-refractivity contribution in [2.24, 2.45) is 0 Å². The molecule has 0 unspecified atom stereocenters. The number of nitrogens with one attached hydrogen (secondary N) is 2. The van der Waals surface area contributed by atoms with Gasteiger partial charge in [-0.2, -0.15) is 0 Å². The van der Waals surface area contributed by atoms with Gasteiger partial charge in [0.1, 0.15) is 5.01 Å². The molecule has 0 bridgehead atoms. The van der Waals surface area contributed by atoms with Crippen molar-refractivity contribution in [3.05, 3.63) is 48.0 Å². The molecule has 1 heterocycles. The molecule has 122 valence electrons. The maximum Gasteiger partial charge on any atom is 0.225 e. The number of thiazole rings is 1. The number of benzene rings is 2. The molecule has 0 aliphatic carbocycles. The Morgan fingerprint density at radius 1 is 1.25 bits per heavy atom. The normalized spacial score (nSPS) is 10.6. The summed E-state index contributed by atoms with van der Waals surface area (Å²) in [6, 6.07) is 14.2. The van der Waals surface area contributed by atoms with Crippen LogP contribution in [-0.2, 0) is 4.79 Å². The lowest BCUT2D eigenvalue weighted by Crippen LogP contribution is -2.33. The van der Waals surface area contributed by atoms with E-state index in [-0.39, 0.29) is 5.91 Å². The fourth-order valence-electron chi connectivity index (χ4n) is 2.30. The molecular weight excluding hydrogens is 338 g/mol. The minimum absolute atomic E-state index is 0.101. The molecule has 0 saturated carbocycles. The summed E-state index contributed by atoms with van der Waals surface area (Å²) in [7, 11) is 0. The van der Waals surface area contributed by atoms with Gasteiger partial charge in [-0.25, -0.2) is 4.98 Å². The molecule has 0 fully saturated rings. The van der Waals surface area contributed by atoms with E-state index in [0.717, 1.165) is 27.3 Å². The molecule has 0 radical (unpaired) electrons. The van der Waals surface area contributed by atoms with Gasteiger partial charge in [0.25, 0.3) is 0 Å². The van der Waals surface area contributed by atoms with E-state index < -0.39 is 0 Å². The lowest BCUT2D eigenvalue weighted by molar-refractivity contribution is -0.119. The highest BCUT2D eigenvalue weighted by Crippen LogP contribution is 2.31. The summed E-state index contributed by atoms with van der Waals surface area (Å²) in [4.78, 5) is 16.1. The Hall–Kier alpha value is -2.31. The fraction of sp³-hybridized carbons (Fsp3) is 0.167. The van der Waals surface area contributed by atoms with Crippen molar-refractivity contribution in [1.82, 2.24) is 10.3 Å². The number of anilines is 1. The van der Waals surface area contributed by atoms with Gasteiger partial charge in [0.05, 0.1) is 10.2 Å². The molecule has 0 saturated heterocycles. The van der Waals surface area contributed by atoms with Crippen molar-refractivity contribution < 1.29 is 4.79 Å². The van der Waals surface area contributed by atoms with Crippen molar-refractivity contribution in [1.29, 1.82) is 0 Å². The third-order valence-corrected chi connectivity index (χ3v) is 4.88. The first-order valence-corrected chi connectivity index (χ1v) is 8.86. The minimum atomic E-state index is -0.101. The minimum Gasteiger partial charge on any atom is -0.332 e. The van der Waals surface area contributed by atoms with Crippen LogP contribution in [-0.4, -0.2) is 16.0 Å². The van der Waals surface area contributed by atoms with Gasteiger partial charge in [-0.3, -0.25) is 4.79 Å². The van der Waals surface area contributed by atoms with Crippen molar-refractivity contribution in [3.63, 3.8) is 0 Å². The Balaban J connectivity index is 1.81. The van der Waals surface area contributed by atoms with E-state index in [4.69, 9.17) is 12.2 Å². The average Bonchev–Trinajstić information content (AvgIpc) is 3.00. The number of nitrogens with zero attached hydrogens (tertiary/aromatic N) is 1. The predicted octanol–water partition coefficient (Wildman–Crippen LogP) is 4.49. The van der Waals surface area contributed by atoms with E-state index in [1.165, 1.54) is 4.70 Å². The van der Waals surface area contributed by atoms with Crippen molar-refractivity contribution >= 4 is 50.5 Å². The number of carbonyl (C=O) groups is 1. The van der Waals surface area contributed by atoms with Crippen LogP contribution < -0.4 is 10.6 Å². The quantitative estimate of drug-likeness (QED) is 0.680. The van der Waals surface area contributed by atoms with Crippen LogP contribution in [0.2, 0.25) is 0 Å². The summed E-state index contributed by atoms with van der Waals surface area (Å²) in [5, 5.41) is 7.01. The van der Waals surface area contributed by atoms with Gasteiger partial charge in [0.15, 0.2) is 5.11 Å². The summed E-state index contributed by atoms with van der Waals surface area (Å²) in [5.41, 5.74) is 4.00. The molecule has 4 nitrogen and oxygen atoms in total. The molecule has 1 aromatic heterocycles. The summed E-state index contributed by atoms with van der Waals surface area (Å²) in [5.74, 6) is -0.101. The SMILES string of the molecule is CCC(=O)NC(=S)Nc1ccc(-c2nc3ccccc3s2)cc1C. The molecule has 1 amide bonds. The van der Waals surface area contributed by atoms with Crippen molar-refractivity contribution in [3.8, 4) is 10.6 Å². The van der Waals surface area contributed by atoms with Crippen LogP contribution in [0.4, 0.5) is 5.69 Å². The number of rotatable bonds is 3. The first-order chi connectivity index (χ1) is 11.6. The van der Waals surface area contributed by atoms with Crippen LogP contribution in [0.15, 0.2) is 42.5 Å². The van der Waals surface area contributed by atoms with Gasteiger partial charge < -0.3 is 10.6 Å². The first kappa shape index (κ1) is 16.5. The summed E-state index contributed by atoms with van der Waals surface area (Å²) >= 11 is 6.83. The third kappa shape index (κ3) is 3.60. The Kier molecular flexibility index (Phi) is 4.87. The standard InChI is InChI=1S/C18H17N3OS2/c1-3-16(22)21-18(23)20-13-9-8-12(10-11(13)2)17-19-14-6-4-5-7-15(14)24-17/h4-10H,3H2,1-2H3,(H2,20,21,22,23). The number of carbonyl (C=O) groups excluding carboxylic acids is 1. The van der Waals surface area contributed by atoms with Gasteiger partial charge in [0.2, 0.25) is 5.91 Å². The molecule has 6 heteroatoms. The zero-order valence-corrected chi connectivity index (χ0v) is 15.1. The maximum atomic E-state index is 11.4. The number of hydrogen-bond acceptors (Lipinski definition) is 4. The number of hydrogen-bond donors (Lipinski definition) is 2. The van der Waals surface area contributed by atoms with Crippen LogP contribution in [0.3, 0.4) is 0 Å². The van der Waals surface area contributed by atoms with Crippen LogP contribution in [0.25, 0.3) is 20.8 Å². The van der Waals surface area contributed by atoms with Crippen molar-refractivity contribution in [2.45, 2.75) is 20.3 Å². The highest BCUT2D eigenvalue weighted by molar-refractivity contribution is 7.80. The summed E-state index contributed by atoms with van der Waals surface area (Å²) in [6.45, 7) is 3.79. The molecule has 0 aliphatic rings. The van der Waals surface area contributed by atoms with Crippen molar-refractivity contribution in [2.75, 3.05) is 5.32 Å². The molecule has 0 aliphatic heterocycles. The Bertz CT molecular complexity index is 885. The lowest BCUT2D eigenvalue weighted by Gasteiger charge is -2.12. The maximum absolute atomic E-state index is 11.4. The highest BCUT2D eigenvalue weighted by Gasteiger charge is 2.09. The molecule has 2 aromatic carbocycles. The monoisotopic (exact) mass is 355 g/mol. The van der Waals surface area contributed by atoms with E-state index in [2.05, 4.69) is 27.8 Å².